The Morgan fingerprint density at radius 3 is 2.78 bits per heavy atom. The summed E-state index contributed by atoms with van der Waals surface area (Å²) in [6.45, 7) is 2.46. The zero-order valence-electron chi connectivity index (χ0n) is 15.4. The van der Waals surface area contributed by atoms with Crippen molar-refractivity contribution in [3.8, 4) is 11.5 Å². The molecule has 0 aliphatic rings. The van der Waals surface area contributed by atoms with E-state index in [0.29, 0.717) is 42.4 Å². The zero-order valence-corrected chi connectivity index (χ0v) is 15.4. The predicted molar refractivity (Wildman–Crippen MR) is 99.8 cm³/mol. The van der Waals surface area contributed by atoms with Gasteiger partial charge in [-0.25, -0.2) is 0 Å². The van der Waals surface area contributed by atoms with Gasteiger partial charge in [0.1, 0.15) is 0 Å². The SMILES string of the molecule is CCOC(=O)CCCOc1cc(C=CC(=O)c2cccnc2)ncc1OC. The first-order chi connectivity index (χ1) is 13.1. The van der Waals surface area contributed by atoms with Crippen LogP contribution in [0.15, 0.2) is 42.9 Å². The van der Waals surface area contributed by atoms with Crippen molar-refractivity contribution in [2.75, 3.05) is 20.3 Å². The highest BCUT2D eigenvalue weighted by molar-refractivity contribution is 6.06. The van der Waals surface area contributed by atoms with E-state index >= 15 is 0 Å². The van der Waals surface area contributed by atoms with E-state index in [4.69, 9.17) is 14.2 Å². The van der Waals surface area contributed by atoms with Crippen LogP contribution < -0.4 is 9.47 Å². The number of aromatic nitrogens is 2. The number of pyridine rings is 2. The molecule has 2 rings (SSSR count). The van der Waals surface area contributed by atoms with Crippen LogP contribution in [0.4, 0.5) is 0 Å². The average molecular weight is 370 g/mol. The maximum Gasteiger partial charge on any atom is 0.305 e. The Hall–Kier alpha value is -3.22. The molecule has 0 saturated heterocycles. The molecule has 0 unspecified atom stereocenters. The van der Waals surface area contributed by atoms with Crippen molar-refractivity contribution in [3.63, 3.8) is 0 Å². The molecule has 0 fully saturated rings. The highest BCUT2D eigenvalue weighted by Crippen LogP contribution is 2.27. The molecule has 2 aromatic heterocycles. The second-order valence-electron chi connectivity index (χ2n) is 5.46. The van der Waals surface area contributed by atoms with Crippen molar-refractivity contribution < 1.29 is 23.8 Å². The van der Waals surface area contributed by atoms with Crippen molar-refractivity contribution in [3.05, 3.63) is 54.1 Å². The van der Waals surface area contributed by atoms with Gasteiger partial charge < -0.3 is 14.2 Å². The fraction of sp³-hybridized carbons (Fsp3) is 0.300. The van der Waals surface area contributed by atoms with Crippen LogP contribution in [0.3, 0.4) is 0 Å². The summed E-state index contributed by atoms with van der Waals surface area (Å²) in [6, 6.07) is 5.07. The van der Waals surface area contributed by atoms with Crippen LogP contribution in [0.2, 0.25) is 0 Å². The Bertz CT molecular complexity index is 790. The molecule has 0 aliphatic heterocycles. The first-order valence-corrected chi connectivity index (χ1v) is 8.59. The highest BCUT2D eigenvalue weighted by Gasteiger charge is 2.08. The third-order valence-corrected chi connectivity index (χ3v) is 3.51. The largest absolute Gasteiger partial charge is 0.491 e. The van der Waals surface area contributed by atoms with Crippen molar-refractivity contribution in [2.45, 2.75) is 19.8 Å². The molecule has 142 valence electrons. The molecule has 0 saturated carbocycles. The Labute approximate surface area is 158 Å². The molecule has 2 heterocycles. The molecule has 0 aromatic carbocycles. The number of carbonyl (C=O) groups is 2. The lowest BCUT2D eigenvalue weighted by Gasteiger charge is -2.10. The van der Waals surface area contributed by atoms with Crippen LogP contribution in [-0.2, 0) is 9.53 Å². The molecule has 0 spiro atoms. The Morgan fingerprint density at radius 2 is 2.07 bits per heavy atom. The Morgan fingerprint density at radius 1 is 1.22 bits per heavy atom. The Balaban J connectivity index is 1.98. The molecule has 0 amide bonds. The lowest BCUT2D eigenvalue weighted by atomic mass is 10.1. The van der Waals surface area contributed by atoms with E-state index < -0.39 is 0 Å². The van der Waals surface area contributed by atoms with Crippen molar-refractivity contribution in [2.24, 2.45) is 0 Å². The summed E-state index contributed by atoms with van der Waals surface area (Å²) in [5, 5.41) is 0. The molecular weight excluding hydrogens is 348 g/mol. The molecule has 7 nitrogen and oxygen atoms in total. The van der Waals surface area contributed by atoms with E-state index in [9.17, 15) is 9.59 Å². The molecule has 0 aliphatic carbocycles. The first-order valence-electron chi connectivity index (χ1n) is 8.59. The van der Waals surface area contributed by atoms with Gasteiger partial charge in [0, 0.05) is 30.4 Å². The topological polar surface area (TPSA) is 87.6 Å². The molecule has 0 atom stereocenters. The van der Waals surface area contributed by atoms with Crippen LogP contribution in [0.5, 0.6) is 11.5 Å². The maximum absolute atomic E-state index is 12.1. The molecule has 0 N–H and O–H groups in total. The van der Waals surface area contributed by atoms with Crippen LogP contribution in [0, 0.1) is 0 Å². The van der Waals surface area contributed by atoms with E-state index in [1.54, 1.807) is 37.4 Å². The minimum absolute atomic E-state index is 0.169. The smallest absolute Gasteiger partial charge is 0.305 e. The lowest BCUT2D eigenvalue weighted by molar-refractivity contribution is -0.143. The number of rotatable bonds is 10. The maximum atomic E-state index is 12.1. The van der Waals surface area contributed by atoms with Gasteiger partial charge in [0.25, 0.3) is 0 Å². The van der Waals surface area contributed by atoms with Gasteiger partial charge in [-0.1, -0.05) is 0 Å². The van der Waals surface area contributed by atoms with Crippen LogP contribution in [0.25, 0.3) is 6.08 Å². The number of hydrogen-bond donors (Lipinski definition) is 0. The van der Waals surface area contributed by atoms with E-state index in [1.807, 2.05) is 0 Å². The fourth-order valence-corrected chi connectivity index (χ4v) is 2.19. The third kappa shape index (κ3) is 6.54. The average Bonchev–Trinajstić information content (AvgIpc) is 2.70. The zero-order chi connectivity index (χ0) is 19.5. The van der Waals surface area contributed by atoms with Crippen molar-refractivity contribution in [1.29, 1.82) is 0 Å². The standard InChI is InChI=1S/C20H22N2O5/c1-3-26-20(24)7-5-11-27-18-12-16(22-14-19(18)25-2)8-9-17(23)15-6-4-10-21-13-15/h4,6,8-10,12-14H,3,5,7,11H2,1-2H3. The molecule has 0 bridgehead atoms. The number of nitrogens with zero attached hydrogens (tertiary/aromatic N) is 2. The van der Waals surface area contributed by atoms with E-state index in [1.165, 1.54) is 25.6 Å². The predicted octanol–water partition coefficient (Wildman–Crippen LogP) is 3.10. The van der Waals surface area contributed by atoms with Gasteiger partial charge >= 0.3 is 5.97 Å². The number of hydrogen-bond acceptors (Lipinski definition) is 7. The van der Waals surface area contributed by atoms with E-state index in [0.717, 1.165) is 0 Å². The quantitative estimate of drug-likeness (QED) is 0.275. The summed E-state index contributed by atoms with van der Waals surface area (Å²) in [6.07, 6.45) is 8.47. The highest BCUT2D eigenvalue weighted by atomic mass is 16.5. The lowest BCUT2D eigenvalue weighted by Crippen LogP contribution is -2.07. The van der Waals surface area contributed by atoms with Gasteiger partial charge in [0.15, 0.2) is 17.3 Å². The van der Waals surface area contributed by atoms with Crippen molar-refractivity contribution in [1.82, 2.24) is 9.97 Å². The third-order valence-electron chi connectivity index (χ3n) is 3.51. The minimum atomic E-state index is -0.250. The molecule has 2 aromatic rings. The monoisotopic (exact) mass is 370 g/mol. The number of carbonyl (C=O) groups excluding carboxylic acids is 2. The van der Waals surface area contributed by atoms with Gasteiger partial charge in [0.05, 0.1) is 32.2 Å². The number of allylic oxidation sites excluding steroid dienone is 1. The molecule has 0 radical (unpaired) electrons. The van der Waals surface area contributed by atoms with Crippen LogP contribution in [-0.4, -0.2) is 42.0 Å². The summed E-state index contributed by atoms with van der Waals surface area (Å²) in [7, 11) is 1.52. The summed E-state index contributed by atoms with van der Waals surface area (Å²) in [5.74, 6) is 0.546. The van der Waals surface area contributed by atoms with E-state index in [-0.39, 0.29) is 18.2 Å². The summed E-state index contributed by atoms with van der Waals surface area (Å²) < 4.78 is 15.8. The fourth-order valence-electron chi connectivity index (χ4n) is 2.19. The van der Waals surface area contributed by atoms with Crippen LogP contribution in [0.1, 0.15) is 35.8 Å². The first kappa shape index (κ1) is 20.1. The summed E-state index contributed by atoms with van der Waals surface area (Å²) in [4.78, 5) is 31.6. The molecule has 7 heteroatoms. The van der Waals surface area contributed by atoms with Gasteiger partial charge in [-0.3, -0.25) is 19.6 Å². The minimum Gasteiger partial charge on any atom is -0.491 e. The molecular formula is C20H22N2O5. The van der Waals surface area contributed by atoms with Gasteiger partial charge in [-0.05, 0) is 37.6 Å². The van der Waals surface area contributed by atoms with Crippen LogP contribution >= 0.6 is 0 Å². The van der Waals surface area contributed by atoms with Gasteiger partial charge in [0.2, 0.25) is 0 Å². The van der Waals surface area contributed by atoms with Gasteiger partial charge in [-0.15, -0.1) is 0 Å². The summed E-state index contributed by atoms with van der Waals surface area (Å²) >= 11 is 0. The number of esters is 1. The van der Waals surface area contributed by atoms with Gasteiger partial charge in [-0.2, -0.15) is 0 Å². The second kappa shape index (κ2) is 10.7. The van der Waals surface area contributed by atoms with Crippen molar-refractivity contribution >= 4 is 17.8 Å². The number of ether oxygens (including phenoxy) is 3. The normalized spacial score (nSPS) is 10.6. The van der Waals surface area contributed by atoms with E-state index in [2.05, 4.69) is 9.97 Å². The summed E-state index contributed by atoms with van der Waals surface area (Å²) in [5.41, 5.74) is 1.05. The second-order valence-corrected chi connectivity index (χ2v) is 5.46. The number of ketones is 1. The molecule has 27 heavy (non-hydrogen) atoms. The Kier molecular flexibility index (Phi) is 7.96. The number of methoxy groups -OCH3 is 1.